The molecule has 4 aromatic rings. The number of sulfonamides is 1. The number of nitrogens with zero attached hydrogens (tertiary/aromatic N) is 4. The largest absolute Gasteiger partial charge is 0.338 e. The summed E-state index contributed by atoms with van der Waals surface area (Å²) >= 11 is 1.04. The summed E-state index contributed by atoms with van der Waals surface area (Å²) in [5.74, 6) is -0.111. The zero-order valence-electron chi connectivity index (χ0n) is 17.4. The molecular formula is C22H20N6O3S2. The predicted molar refractivity (Wildman–Crippen MR) is 122 cm³/mol. The van der Waals surface area contributed by atoms with Gasteiger partial charge in [0.2, 0.25) is 5.82 Å². The van der Waals surface area contributed by atoms with Gasteiger partial charge < -0.3 is 5.32 Å². The molecule has 1 aliphatic heterocycles. The third kappa shape index (κ3) is 4.30. The van der Waals surface area contributed by atoms with Crippen LogP contribution in [0, 0.1) is 0 Å². The van der Waals surface area contributed by atoms with E-state index >= 15 is 0 Å². The van der Waals surface area contributed by atoms with E-state index < -0.39 is 22.0 Å². The lowest BCUT2D eigenvalue weighted by Gasteiger charge is -2.27. The predicted octanol–water partition coefficient (Wildman–Crippen LogP) is 2.53. The molecule has 0 radical (unpaired) electrons. The molecule has 2 aromatic carbocycles. The summed E-state index contributed by atoms with van der Waals surface area (Å²) in [4.78, 5) is 13.0. The Morgan fingerprint density at radius 1 is 1.09 bits per heavy atom. The molecule has 0 fully saturated rings. The van der Waals surface area contributed by atoms with Gasteiger partial charge in [0.05, 0.1) is 5.56 Å². The number of aromatic nitrogens is 4. The van der Waals surface area contributed by atoms with E-state index in [2.05, 4.69) is 25.9 Å². The molecule has 9 nitrogen and oxygen atoms in total. The summed E-state index contributed by atoms with van der Waals surface area (Å²) in [5.41, 5.74) is 3.22. The van der Waals surface area contributed by atoms with E-state index in [4.69, 9.17) is 0 Å². The van der Waals surface area contributed by atoms with Gasteiger partial charge in [-0.15, -0.1) is 21.5 Å². The molecule has 0 bridgehead atoms. The number of amides is 1. The number of aromatic amines is 1. The Balaban J connectivity index is 1.36. The first-order chi connectivity index (χ1) is 16.0. The summed E-state index contributed by atoms with van der Waals surface area (Å²) in [6.07, 6.45) is 0.664. The molecule has 2 aromatic heterocycles. The summed E-state index contributed by atoms with van der Waals surface area (Å²) in [6, 6.07) is 17.9. The third-order valence-corrected chi connectivity index (χ3v) is 8.82. The monoisotopic (exact) mass is 480 g/mol. The smallest absolute Gasteiger partial charge is 0.253 e. The molecular weight excluding hydrogens is 460 g/mol. The van der Waals surface area contributed by atoms with E-state index in [0.29, 0.717) is 25.3 Å². The van der Waals surface area contributed by atoms with E-state index in [1.807, 2.05) is 54.6 Å². The second kappa shape index (κ2) is 8.85. The molecule has 1 aliphatic rings. The number of H-pyrrole nitrogens is 1. The first-order valence-electron chi connectivity index (χ1n) is 10.3. The number of rotatable bonds is 6. The van der Waals surface area contributed by atoms with Crippen LogP contribution in [-0.2, 0) is 23.0 Å². The van der Waals surface area contributed by atoms with Crippen LogP contribution >= 0.6 is 11.3 Å². The number of carbonyl (C=O) groups excluding carboxylic acids is 1. The van der Waals surface area contributed by atoms with Crippen molar-refractivity contribution < 1.29 is 13.2 Å². The van der Waals surface area contributed by atoms with Crippen molar-refractivity contribution in [2.45, 2.75) is 23.2 Å². The van der Waals surface area contributed by atoms with Gasteiger partial charge in [0.25, 0.3) is 15.9 Å². The normalized spacial score (nSPS) is 15.0. The van der Waals surface area contributed by atoms with Gasteiger partial charge in [-0.2, -0.15) is 9.52 Å². The van der Waals surface area contributed by atoms with Gasteiger partial charge in [-0.1, -0.05) is 59.8 Å². The van der Waals surface area contributed by atoms with Crippen molar-refractivity contribution in [3.63, 3.8) is 0 Å². The van der Waals surface area contributed by atoms with E-state index in [1.165, 1.54) is 15.9 Å². The van der Waals surface area contributed by atoms with E-state index in [0.717, 1.165) is 22.5 Å². The van der Waals surface area contributed by atoms with Crippen molar-refractivity contribution in [2.75, 3.05) is 6.54 Å². The van der Waals surface area contributed by atoms with Crippen molar-refractivity contribution in [3.8, 4) is 0 Å². The molecule has 0 saturated heterocycles. The van der Waals surface area contributed by atoms with E-state index in [1.54, 1.807) is 5.38 Å². The Kier molecular flexibility index (Phi) is 5.75. The number of hydrogen-bond donors (Lipinski definition) is 2. The molecule has 1 atom stereocenters. The van der Waals surface area contributed by atoms with Crippen LogP contribution in [-0.4, -0.2) is 45.8 Å². The fourth-order valence-corrected chi connectivity index (χ4v) is 6.55. The van der Waals surface area contributed by atoms with Crippen LogP contribution in [0.25, 0.3) is 0 Å². The maximum absolute atomic E-state index is 13.2. The van der Waals surface area contributed by atoms with Crippen molar-refractivity contribution in [2.24, 2.45) is 0 Å². The highest BCUT2D eigenvalue weighted by atomic mass is 32.2. The highest BCUT2D eigenvalue weighted by molar-refractivity contribution is 7.91. The Bertz CT molecular complexity index is 1370. The van der Waals surface area contributed by atoms with Crippen LogP contribution in [0.15, 0.2) is 70.3 Å². The molecule has 1 unspecified atom stereocenters. The van der Waals surface area contributed by atoms with Crippen molar-refractivity contribution >= 4 is 27.3 Å². The molecule has 168 valence electrons. The number of thiophene rings is 1. The number of fused-ring (bicyclic) bond motifs is 1. The Morgan fingerprint density at radius 3 is 2.61 bits per heavy atom. The molecule has 2 N–H and O–H groups in total. The molecule has 0 spiro atoms. The van der Waals surface area contributed by atoms with Crippen molar-refractivity contribution in [3.05, 3.63) is 94.1 Å². The standard InChI is InChI=1S/C22H20N6O3S2/c29-22(23-20(21-24-26-27-25-21)16-7-2-1-3-8-16)18-12-19(32-14-18)33(30,31)28-11-10-15-6-4-5-9-17(15)13-28/h1-9,12,14,20H,10-11,13H2,(H,23,29)(H,24,25,26,27). The Hall–Kier alpha value is -3.41. The van der Waals surface area contributed by atoms with Gasteiger partial charge >= 0.3 is 0 Å². The lowest BCUT2D eigenvalue weighted by atomic mass is 10.0. The molecule has 3 heterocycles. The Labute approximate surface area is 194 Å². The number of tetrazole rings is 1. The van der Waals surface area contributed by atoms with Crippen LogP contribution in [0.5, 0.6) is 0 Å². The Morgan fingerprint density at radius 2 is 1.85 bits per heavy atom. The average Bonchev–Trinajstić information content (AvgIpc) is 3.56. The molecule has 0 saturated carbocycles. The minimum atomic E-state index is -3.71. The van der Waals surface area contributed by atoms with Crippen molar-refractivity contribution in [1.82, 2.24) is 30.2 Å². The minimum absolute atomic E-state index is 0.142. The SMILES string of the molecule is O=C(NC(c1ccccc1)c1nn[nH]n1)c1csc(S(=O)(=O)N2CCc3ccccc3C2)c1. The van der Waals surface area contributed by atoms with Crippen LogP contribution in [0.3, 0.4) is 0 Å². The fraction of sp³-hybridized carbons (Fsp3) is 0.182. The van der Waals surface area contributed by atoms with Gasteiger partial charge in [0.15, 0.2) is 0 Å². The second-order valence-corrected chi connectivity index (χ2v) is 10.7. The van der Waals surface area contributed by atoms with E-state index in [-0.39, 0.29) is 9.77 Å². The summed E-state index contributed by atoms with van der Waals surface area (Å²) < 4.78 is 28.1. The van der Waals surface area contributed by atoms with Crippen LogP contribution in [0.1, 0.15) is 38.9 Å². The zero-order valence-corrected chi connectivity index (χ0v) is 19.0. The van der Waals surface area contributed by atoms with Gasteiger partial charge in [-0.05, 0) is 29.2 Å². The molecule has 5 rings (SSSR count). The second-order valence-electron chi connectivity index (χ2n) is 7.60. The first-order valence-corrected chi connectivity index (χ1v) is 12.6. The highest BCUT2D eigenvalue weighted by Gasteiger charge is 2.30. The minimum Gasteiger partial charge on any atom is -0.338 e. The maximum atomic E-state index is 13.2. The van der Waals surface area contributed by atoms with Gasteiger partial charge in [0.1, 0.15) is 10.3 Å². The molecule has 33 heavy (non-hydrogen) atoms. The maximum Gasteiger partial charge on any atom is 0.253 e. The molecule has 0 aliphatic carbocycles. The van der Waals surface area contributed by atoms with Gasteiger partial charge in [-0.25, -0.2) is 8.42 Å². The summed E-state index contributed by atoms with van der Waals surface area (Å²) in [6.45, 7) is 0.735. The summed E-state index contributed by atoms with van der Waals surface area (Å²) in [7, 11) is -3.71. The number of carbonyl (C=O) groups is 1. The van der Waals surface area contributed by atoms with Gasteiger partial charge in [0, 0.05) is 18.5 Å². The summed E-state index contributed by atoms with van der Waals surface area (Å²) in [5, 5.41) is 18.4. The first kappa shape index (κ1) is 21.4. The number of nitrogens with one attached hydrogen (secondary N) is 2. The van der Waals surface area contributed by atoms with E-state index in [9.17, 15) is 13.2 Å². The third-order valence-electron chi connectivity index (χ3n) is 5.56. The number of hydrogen-bond acceptors (Lipinski definition) is 7. The van der Waals surface area contributed by atoms with Crippen LogP contribution in [0.4, 0.5) is 0 Å². The number of benzene rings is 2. The lowest BCUT2D eigenvalue weighted by Crippen LogP contribution is -2.35. The topological polar surface area (TPSA) is 121 Å². The fourth-order valence-electron chi connectivity index (χ4n) is 3.82. The van der Waals surface area contributed by atoms with Gasteiger partial charge in [-0.3, -0.25) is 4.79 Å². The molecule has 11 heteroatoms. The quantitative estimate of drug-likeness (QED) is 0.437. The highest BCUT2D eigenvalue weighted by Crippen LogP contribution is 2.29. The van der Waals surface area contributed by atoms with Crippen LogP contribution < -0.4 is 5.32 Å². The van der Waals surface area contributed by atoms with Crippen molar-refractivity contribution in [1.29, 1.82) is 0 Å². The average molecular weight is 481 g/mol. The molecule has 1 amide bonds. The lowest BCUT2D eigenvalue weighted by molar-refractivity contribution is 0.0942. The van der Waals surface area contributed by atoms with Crippen LogP contribution in [0.2, 0.25) is 0 Å². The zero-order chi connectivity index (χ0) is 22.8.